The van der Waals surface area contributed by atoms with Gasteiger partial charge in [-0.15, -0.1) is 0 Å². The SMILES string of the molecule is Cc1cccc(C)c1C(=O)N[C@H](CN1CCCC1C)c1ccccc1. The third kappa shape index (κ3) is 4.10. The van der Waals surface area contributed by atoms with Crippen molar-refractivity contribution in [2.75, 3.05) is 13.1 Å². The van der Waals surface area contributed by atoms with Crippen LogP contribution in [0.3, 0.4) is 0 Å². The van der Waals surface area contributed by atoms with E-state index in [0.29, 0.717) is 6.04 Å². The van der Waals surface area contributed by atoms with Gasteiger partial charge < -0.3 is 5.32 Å². The molecule has 3 rings (SSSR count). The lowest BCUT2D eigenvalue weighted by Gasteiger charge is -2.28. The summed E-state index contributed by atoms with van der Waals surface area (Å²) in [6.07, 6.45) is 2.49. The van der Waals surface area contributed by atoms with Gasteiger partial charge in [0.1, 0.15) is 0 Å². The lowest BCUT2D eigenvalue weighted by molar-refractivity contribution is 0.0921. The van der Waals surface area contributed by atoms with Gasteiger partial charge in [0, 0.05) is 18.2 Å². The first-order valence-corrected chi connectivity index (χ1v) is 9.22. The van der Waals surface area contributed by atoms with E-state index in [1.54, 1.807) is 0 Å². The minimum absolute atomic E-state index is 0.00764. The molecule has 2 atom stereocenters. The fourth-order valence-electron chi connectivity index (χ4n) is 3.82. The molecule has 1 fully saturated rings. The van der Waals surface area contributed by atoms with E-state index in [0.717, 1.165) is 29.8 Å². The van der Waals surface area contributed by atoms with Gasteiger partial charge in [0.2, 0.25) is 0 Å². The zero-order valence-electron chi connectivity index (χ0n) is 15.5. The standard InChI is InChI=1S/C22H28N2O/c1-16-9-7-10-17(2)21(16)22(25)23-20(19-12-5-4-6-13-19)15-24-14-8-11-18(24)3/h4-7,9-10,12-13,18,20H,8,11,14-15H2,1-3H3,(H,23,25)/t18?,20-/m1/s1. The second-order valence-corrected chi connectivity index (χ2v) is 7.19. The Hall–Kier alpha value is -2.13. The molecule has 0 spiro atoms. The summed E-state index contributed by atoms with van der Waals surface area (Å²) >= 11 is 0. The first-order chi connectivity index (χ1) is 12.1. The van der Waals surface area contributed by atoms with Gasteiger partial charge in [-0.05, 0) is 56.8 Å². The zero-order valence-corrected chi connectivity index (χ0v) is 15.5. The van der Waals surface area contributed by atoms with Crippen molar-refractivity contribution < 1.29 is 4.79 Å². The Labute approximate surface area is 151 Å². The summed E-state index contributed by atoms with van der Waals surface area (Å²) in [6.45, 7) is 8.26. The van der Waals surface area contributed by atoms with E-state index >= 15 is 0 Å². The van der Waals surface area contributed by atoms with Crippen molar-refractivity contribution in [1.29, 1.82) is 0 Å². The third-order valence-corrected chi connectivity index (χ3v) is 5.32. The van der Waals surface area contributed by atoms with E-state index in [4.69, 9.17) is 0 Å². The zero-order chi connectivity index (χ0) is 17.8. The summed E-state index contributed by atoms with van der Waals surface area (Å²) in [5.41, 5.74) is 4.02. The molecule has 0 bridgehead atoms. The molecule has 25 heavy (non-hydrogen) atoms. The predicted molar refractivity (Wildman–Crippen MR) is 103 cm³/mol. The molecule has 0 radical (unpaired) electrons. The molecule has 3 nitrogen and oxygen atoms in total. The Morgan fingerprint density at radius 3 is 2.40 bits per heavy atom. The summed E-state index contributed by atoms with van der Waals surface area (Å²) in [5, 5.41) is 3.30. The second-order valence-electron chi connectivity index (χ2n) is 7.19. The lowest BCUT2D eigenvalue weighted by Crippen LogP contribution is -2.39. The van der Waals surface area contributed by atoms with Gasteiger partial charge >= 0.3 is 0 Å². The van der Waals surface area contributed by atoms with E-state index in [1.165, 1.54) is 18.4 Å². The van der Waals surface area contributed by atoms with Gasteiger partial charge in [0.05, 0.1) is 6.04 Å². The molecule has 1 unspecified atom stereocenters. The maximum atomic E-state index is 13.0. The van der Waals surface area contributed by atoms with E-state index in [1.807, 2.05) is 50.2 Å². The van der Waals surface area contributed by atoms with Gasteiger partial charge in [-0.1, -0.05) is 48.5 Å². The molecule has 1 heterocycles. The number of nitrogens with zero attached hydrogens (tertiary/aromatic N) is 1. The van der Waals surface area contributed by atoms with Crippen molar-refractivity contribution >= 4 is 5.91 Å². The van der Waals surface area contributed by atoms with Crippen molar-refractivity contribution in [2.45, 2.75) is 45.7 Å². The van der Waals surface area contributed by atoms with Crippen LogP contribution in [0, 0.1) is 13.8 Å². The molecule has 2 aromatic carbocycles. The van der Waals surface area contributed by atoms with Crippen LogP contribution in [0.4, 0.5) is 0 Å². The fraction of sp³-hybridized carbons (Fsp3) is 0.409. The first kappa shape index (κ1) is 17.7. The number of rotatable bonds is 5. The van der Waals surface area contributed by atoms with Gasteiger partial charge in [0.15, 0.2) is 0 Å². The van der Waals surface area contributed by atoms with E-state index in [9.17, 15) is 4.79 Å². The smallest absolute Gasteiger partial charge is 0.252 e. The molecule has 0 aliphatic carbocycles. The predicted octanol–water partition coefficient (Wildman–Crippen LogP) is 4.26. The van der Waals surface area contributed by atoms with Crippen LogP contribution >= 0.6 is 0 Å². The summed E-state index contributed by atoms with van der Waals surface area (Å²) in [7, 11) is 0. The molecule has 1 N–H and O–H groups in total. The number of hydrogen-bond donors (Lipinski definition) is 1. The number of benzene rings is 2. The number of carbonyl (C=O) groups excluding carboxylic acids is 1. The number of likely N-dealkylation sites (tertiary alicyclic amines) is 1. The van der Waals surface area contributed by atoms with E-state index < -0.39 is 0 Å². The van der Waals surface area contributed by atoms with Crippen LogP contribution in [-0.2, 0) is 0 Å². The minimum atomic E-state index is 0.00764. The Kier molecular flexibility index (Phi) is 5.54. The molecule has 132 valence electrons. The van der Waals surface area contributed by atoms with Gasteiger partial charge in [-0.3, -0.25) is 9.69 Å². The molecular weight excluding hydrogens is 308 g/mol. The van der Waals surface area contributed by atoms with Gasteiger partial charge in [-0.2, -0.15) is 0 Å². The quantitative estimate of drug-likeness (QED) is 0.885. The summed E-state index contributed by atoms with van der Waals surface area (Å²) in [6, 6.07) is 16.9. The molecule has 2 aromatic rings. The fourth-order valence-corrected chi connectivity index (χ4v) is 3.82. The van der Waals surface area contributed by atoms with Crippen LogP contribution in [0.1, 0.15) is 52.9 Å². The molecular formula is C22H28N2O. The van der Waals surface area contributed by atoms with Crippen molar-refractivity contribution in [3.8, 4) is 0 Å². The van der Waals surface area contributed by atoms with Crippen molar-refractivity contribution in [3.63, 3.8) is 0 Å². The van der Waals surface area contributed by atoms with Crippen molar-refractivity contribution in [2.24, 2.45) is 0 Å². The normalized spacial score (nSPS) is 18.9. The monoisotopic (exact) mass is 336 g/mol. The minimum Gasteiger partial charge on any atom is -0.344 e. The maximum absolute atomic E-state index is 13.0. The Morgan fingerprint density at radius 1 is 1.12 bits per heavy atom. The number of carbonyl (C=O) groups is 1. The summed E-state index contributed by atoms with van der Waals surface area (Å²) < 4.78 is 0. The highest BCUT2D eigenvalue weighted by molar-refractivity contribution is 5.97. The molecule has 1 amide bonds. The van der Waals surface area contributed by atoms with Crippen LogP contribution in [0.15, 0.2) is 48.5 Å². The van der Waals surface area contributed by atoms with Gasteiger partial charge in [-0.25, -0.2) is 0 Å². The van der Waals surface area contributed by atoms with Crippen molar-refractivity contribution in [3.05, 3.63) is 70.8 Å². The number of nitrogens with one attached hydrogen (secondary N) is 1. The van der Waals surface area contributed by atoms with Crippen LogP contribution in [-0.4, -0.2) is 29.9 Å². The number of aryl methyl sites for hydroxylation is 2. The average Bonchev–Trinajstić information content (AvgIpc) is 3.00. The second kappa shape index (κ2) is 7.83. The van der Waals surface area contributed by atoms with Crippen molar-refractivity contribution in [1.82, 2.24) is 10.2 Å². The van der Waals surface area contributed by atoms with Crippen LogP contribution < -0.4 is 5.32 Å². The first-order valence-electron chi connectivity index (χ1n) is 9.22. The highest BCUT2D eigenvalue weighted by atomic mass is 16.1. The number of amides is 1. The van der Waals surface area contributed by atoms with E-state index in [2.05, 4.69) is 29.3 Å². The summed E-state index contributed by atoms with van der Waals surface area (Å²) in [5.74, 6) is 0.0244. The van der Waals surface area contributed by atoms with Crippen LogP contribution in [0.2, 0.25) is 0 Å². The summed E-state index contributed by atoms with van der Waals surface area (Å²) in [4.78, 5) is 15.5. The lowest BCUT2D eigenvalue weighted by atomic mass is 10.0. The Balaban J connectivity index is 1.83. The molecule has 0 aromatic heterocycles. The molecule has 1 aliphatic heterocycles. The maximum Gasteiger partial charge on any atom is 0.252 e. The van der Waals surface area contributed by atoms with Gasteiger partial charge in [0.25, 0.3) is 5.91 Å². The van der Waals surface area contributed by atoms with Crippen LogP contribution in [0.5, 0.6) is 0 Å². The Bertz CT molecular complexity index is 706. The van der Waals surface area contributed by atoms with E-state index in [-0.39, 0.29) is 11.9 Å². The molecule has 0 saturated carbocycles. The largest absolute Gasteiger partial charge is 0.344 e. The number of hydrogen-bond acceptors (Lipinski definition) is 2. The van der Waals surface area contributed by atoms with Crippen LogP contribution in [0.25, 0.3) is 0 Å². The molecule has 1 saturated heterocycles. The molecule has 3 heteroatoms. The topological polar surface area (TPSA) is 32.3 Å². The molecule has 1 aliphatic rings. The third-order valence-electron chi connectivity index (χ3n) is 5.32. The average molecular weight is 336 g/mol. The highest BCUT2D eigenvalue weighted by Crippen LogP contribution is 2.23. The highest BCUT2D eigenvalue weighted by Gasteiger charge is 2.26. The Morgan fingerprint density at radius 2 is 1.80 bits per heavy atom.